The van der Waals surface area contributed by atoms with Crippen LogP contribution in [-0.2, 0) is 9.53 Å². The molecule has 0 radical (unpaired) electrons. The first kappa shape index (κ1) is 14.2. The van der Waals surface area contributed by atoms with E-state index >= 15 is 0 Å². The summed E-state index contributed by atoms with van der Waals surface area (Å²) in [6, 6.07) is 0. The highest BCUT2D eigenvalue weighted by molar-refractivity contribution is 5.86. The van der Waals surface area contributed by atoms with Gasteiger partial charge in [0, 0.05) is 18.9 Å². The number of rotatable bonds is 2. The minimum Gasteiger partial charge on any atom is -0.382 e. The highest BCUT2D eigenvalue weighted by Crippen LogP contribution is 2.31. The number of ether oxygens (including phenoxy) is 1. The maximum absolute atomic E-state index is 12.7. The molecule has 1 aliphatic heterocycles. The van der Waals surface area contributed by atoms with Gasteiger partial charge in [0.1, 0.15) is 17.6 Å². The number of morpholine rings is 1. The molecule has 3 rings (SSSR count). The van der Waals surface area contributed by atoms with Crippen molar-refractivity contribution in [2.45, 2.75) is 37.3 Å². The van der Waals surface area contributed by atoms with Gasteiger partial charge in [0.05, 0.1) is 18.7 Å². The molecule has 2 fully saturated rings. The number of carbonyl (C=O) groups excluding carboxylic acids is 1. The van der Waals surface area contributed by atoms with E-state index in [1.54, 1.807) is 11.1 Å². The topological polar surface area (TPSA) is 107 Å². The quantitative estimate of drug-likeness (QED) is 0.807. The normalized spacial score (nSPS) is 25.0. The third-order valence-electron chi connectivity index (χ3n) is 4.34. The number of nitrogens with zero attached hydrogens (tertiary/aromatic N) is 3. The van der Waals surface area contributed by atoms with Crippen LogP contribution in [-0.4, -0.2) is 46.0 Å². The second-order valence-corrected chi connectivity index (χ2v) is 5.80. The minimum atomic E-state index is -0.699. The number of nitrogen functional groups attached to an aromatic ring is 1. The Hall–Kier alpha value is -1.73. The van der Waals surface area contributed by atoms with Crippen LogP contribution >= 0.6 is 0 Å². The van der Waals surface area contributed by atoms with Gasteiger partial charge in [-0.25, -0.2) is 4.98 Å². The monoisotopic (exact) mass is 291 g/mol. The second kappa shape index (κ2) is 5.57. The first-order valence-corrected chi connectivity index (χ1v) is 7.36. The van der Waals surface area contributed by atoms with Crippen LogP contribution in [0.15, 0.2) is 12.4 Å². The average Bonchev–Trinajstić information content (AvgIpc) is 2.95. The fraction of sp³-hybridized carbons (Fsp3) is 0.643. The van der Waals surface area contributed by atoms with Crippen molar-refractivity contribution in [3.05, 3.63) is 18.1 Å². The number of anilines is 1. The fourth-order valence-corrected chi connectivity index (χ4v) is 3.14. The van der Waals surface area contributed by atoms with Crippen LogP contribution in [0.2, 0.25) is 0 Å². The maximum atomic E-state index is 12.7. The summed E-state index contributed by atoms with van der Waals surface area (Å²) in [6.45, 7) is 1.46. The van der Waals surface area contributed by atoms with E-state index in [1.807, 2.05) is 0 Å². The van der Waals surface area contributed by atoms with E-state index in [2.05, 4.69) is 9.97 Å². The van der Waals surface area contributed by atoms with Crippen molar-refractivity contribution < 1.29 is 9.53 Å². The molecule has 1 saturated heterocycles. The Morgan fingerprint density at radius 3 is 2.76 bits per heavy atom. The van der Waals surface area contributed by atoms with Gasteiger partial charge in [0.2, 0.25) is 5.91 Å². The Labute approximate surface area is 123 Å². The fourth-order valence-electron chi connectivity index (χ4n) is 3.14. The van der Waals surface area contributed by atoms with Gasteiger partial charge in [-0.15, -0.1) is 0 Å². The molecule has 4 N–H and O–H groups in total. The minimum absolute atomic E-state index is 0.0239. The van der Waals surface area contributed by atoms with E-state index in [0.29, 0.717) is 31.2 Å². The van der Waals surface area contributed by atoms with Crippen molar-refractivity contribution in [3.63, 3.8) is 0 Å². The molecular formula is C14H21N5O2. The Bertz CT molecular complexity index is 530. The Balaban J connectivity index is 1.74. The number of hydrogen-bond acceptors (Lipinski definition) is 6. The van der Waals surface area contributed by atoms with Gasteiger partial charge in [0.15, 0.2) is 0 Å². The van der Waals surface area contributed by atoms with Crippen molar-refractivity contribution in [2.75, 3.05) is 25.4 Å². The summed E-state index contributed by atoms with van der Waals surface area (Å²) >= 11 is 0. The van der Waals surface area contributed by atoms with E-state index in [1.165, 1.54) is 6.20 Å². The molecule has 0 unspecified atom stereocenters. The number of hydrogen-bond donors (Lipinski definition) is 2. The molecule has 114 valence electrons. The smallest absolute Gasteiger partial charge is 0.242 e. The largest absolute Gasteiger partial charge is 0.382 e. The zero-order chi connectivity index (χ0) is 14.9. The first-order chi connectivity index (χ1) is 10.1. The summed E-state index contributed by atoms with van der Waals surface area (Å²) in [6.07, 6.45) is 6.36. The SMILES string of the molecule is Nc1nccnc1[C@H]1CN(C(=O)C2(N)CCCC2)CCO1. The molecule has 1 aromatic rings. The summed E-state index contributed by atoms with van der Waals surface area (Å²) in [7, 11) is 0. The second-order valence-electron chi connectivity index (χ2n) is 5.80. The molecule has 7 heteroatoms. The predicted octanol–water partition coefficient (Wildman–Crippen LogP) is 0.230. The van der Waals surface area contributed by atoms with Crippen molar-refractivity contribution >= 4 is 11.7 Å². The van der Waals surface area contributed by atoms with E-state index < -0.39 is 5.54 Å². The number of aromatic nitrogens is 2. The summed E-state index contributed by atoms with van der Waals surface area (Å²) < 4.78 is 5.70. The molecule has 2 heterocycles. The van der Waals surface area contributed by atoms with E-state index in [0.717, 1.165) is 25.7 Å². The zero-order valence-electron chi connectivity index (χ0n) is 12.0. The van der Waals surface area contributed by atoms with Gasteiger partial charge >= 0.3 is 0 Å². The summed E-state index contributed by atoms with van der Waals surface area (Å²) in [5, 5.41) is 0. The molecule has 1 amide bonds. The van der Waals surface area contributed by atoms with Crippen LogP contribution in [0, 0.1) is 0 Å². The van der Waals surface area contributed by atoms with Crippen molar-refractivity contribution in [2.24, 2.45) is 5.73 Å². The van der Waals surface area contributed by atoms with Gasteiger partial charge in [0.25, 0.3) is 0 Å². The van der Waals surface area contributed by atoms with Crippen molar-refractivity contribution in [1.82, 2.24) is 14.9 Å². The summed E-state index contributed by atoms with van der Waals surface area (Å²) in [5.74, 6) is 0.371. The summed E-state index contributed by atoms with van der Waals surface area (Å²) in [5.41, 5.74) is 12.0. The van der Waals surface area contributed by atoms with Crippen LogP contribution in [0.4, 0.5) is 5.82 Å². The lowest BCUT2D eigenvalue weighted by Gasteiger charge is -2.37. The van der Waals surface area contributed by atoms with Crippen LogP contribution in [0.1, 0.15) is 37.5 Å². The molecule has 0 bridgehead atoms. The number of amides is 1. The first-order valence-electron chi connectivity index (χ1n) is 7.36. The summed E-state index contributed by atoms with van der Waals surface area (Å²) in [4.78, 5) is 22.7. The van der Waals surface area contributed by atoms with Crippen LogP contribution < -0.4 is 11.5 Å². The van der Waals surface area contributed by atoms with Gasteiger partial charge < -0.3 is 21.1 Å². The number of carbonyl (C=O) groups is 1. The Morgan fingerprint density at radius 1 is 1.33 bits per heavy atom. The lowest BCUT2D eigenvalue weighted by atomic mass is 9.96. The van der Waals surface area contributed by atoms with Crippen LogP contribution in [0.5, 0.6) is 0 Å². The molecule has 0 aromatic carbocycles. The molecule has 21 heavy (non-hydrogen) atoms. The highest BCUT2D eigenvalue weighted by Gasteiger charge is 2.41. The molecule has 7 nitrogen and oxygen atoms in total. The molecular weight excluding hydrogens is 270 g/mol. The lowest BCUT2D eigenvalue weighted by molar-refractivity contribution is -0.144. The van der Waals surface area contributed by atoms with Crippen molar-refractivity contribution in [1.29, 1.82) is 0 Å². The third kappa shape index (κ3) is 2.71. The Morgan fingerprint density at radius 2 is 2.05 bits per heavy atom. The van der Waals surface area contributed by atoms with Gasteiger partial charge in [-0.1, -0.05) is 12.8 Å². The average molecular weight is 291 g/mol. The van der Waals surface area contributed by atoms with Crippen molar-refractivity contribution in [3.8, 4) is 0 Å². The standard InChI is InChI=1S/C14H21N5O2/c15-12-11(17-5-6-18-12)10-9-19(7-8-21-10)13(20)14(16)3-1-2-4-14/h5-6,10H,1-4,7-9,16H2,(H2,15,18)/t10-/m1/s1. The van der Waals surface area contributed by atoms with Gasteiger partial charge in [-0.05, 0) is 12.8 Å². The van der Waals surface area contributed by atoms with Crippen LogP contribution in [0.3, 0.4) is 0 Å². The van der Waals surface area contributed by atoms with E-state index in [4.69, 9.17) is 16.2 Å². The van der Waals surface area contributed by atoms with Gasteiger partial charge in [-0.3, -0.25) is 9.78 Å². The third-order valence-corrected chi connectivity index (χ3v) is 4.34. The zero-order valence-corrected chi connectivity index (χ0v) is 12.0. The number of nitrogens with two attached hydrogens (primary N) is 2. The molecule has 1 saturated carbocycles. The van der Waals surface area contributed by atoms with Gasteiger partial charge in [-0.2, -0.15) is 0 Å². The molecule has 2 aliphatic rings. The maximum Gasteiger partial charge on any atom is 0.242 e. The van der Waals surface area contributed by atoms with E-state index in [-0.39, 0.29) is 12.0 Å². The Kier molecular flexibility index (Phi) is 3.77. The van der Waals surface area contributed by atoms with Crippen LogP contribution in [0.25, 0.3) is 0 Å². The predicted molar refractivity (Wildman–Crippen MR) is 77.1 cm³/mol. The lowest BCUT2D eigenvalue weighted by Crippen LogP contribution is -2.56. The highest BCUT2D eigenvalue weighted by atomic mass is 16.5. The molecule has 0 spiro atoms. The molecule has 1 aromatic heterocycles. The van der Waals surface area contributed by atoms with E-state index in [9.17, 15) is 4.79 Å². The molecule has 1 atom stereocenters. The molecule has 1 aliphatic carbocycles.